The number of benzene rings is 1. The van der Waals surface area contributed by atoms with Gasteiger partial charge >= 0.3 is 5.51 Å². The highest BCUT2D eigenvalue weighted by Gasteiger charge is 2.46. The number of amidine groups is 1. The molecule has 2 aliphatic heterocycles. The molecule has 158 valence electrons. The van der Waals surface area contributed by atoms with Crippen LogP contribution in [-0.2, 0) is 16.4 Å². The Balaban J connectivity index is 1.42. The molecular weight excluding hydrogens is 419 g/mol. The highest BCUT2D eigenvalue weighted by molar-refractivity contribution is 7.92. The molecule has 2 aromatic rings. The minimum Gasteiger partial charge on any atom is -0.367 e. The van der Waals surface area contributed by atoms with Gasteiger partial charge < -0.3 is 15.1 Å². The van der Waals surface area contributed by atoms with E-state index in [2.05, 4.69) is 15.3 Å². The predicted octanol–water partition coefficient (Wildman–Crippen LogP) is 2.48. The molecule has 0 saturated carbocycles. The lowest BCUT2D eigenvalue weighted by molar-refractivity contribution is -0.0436. The van der Waals surface area contributed by atoms with Crippen molar-refractivity contribution in [1.82, 2.24) is 15.2 Å². The monoisotopic (exact) mass is 437 g/mol. The zero-order valence-corrected chi connectivity index (χ0v) is 16.5. The topological polar surface area (TPSA) is 77.9 Å². The Hall–Kier alpha value is -3.08. The number of anilines is 1. The first kappa shape index (κ1) is 20.2. The Labute approximate surface area is 171 Å². The molecule has 0 spiro atoms. The normalized spacial score (nSPS) is 16.7. The summed E-state index contributed by atoms with van der Waals surface area (Å²) >= 11 is 0. The summed E-state index contributed by atoms with van der Waals surface area (Å²) in [6.07, 6.45) is 5.38. The lowest BCUT2D eigenvalue weighted by Crippen LogP contribution is -2.25. The van der Waals surface area contributed by atoms with Gasteiger partial charge in [0.25, 0.3) is 9.84 Å². The number of halogens is 3. The van der Waals surface area contributed by atoms with Gasteiger partial charge in [0.05, 0.1) is 18.1 Å². The maximum absolute atomic E-state index is 12.7. The molecule has 2 aliphatic rings. The van der Waals surface area contributed by atoms with Crippen LogP contribution in [0.25, 0.3) is 0 Å². The zero-order valence-electron chi connectivity index (χ0n) is 15.7. The highest BCUT2D eigenvalue weighted by atomic mass is 32.2. The van der Waals surface area contributed by atoms with Crippen molar-refractivity contribution in [2.75, 3.05) is 24.7 Å². The summed E-state index contributed by atoms with van der Waals surface area (Å²) in [5, 5.41) is 3.19. The summed E-state index contributed by atoms with van der Waals surface area (Å²) in [7, 11) is -5.35. The Morgan fingerprint density at radius 3 is 2.53 bits per heavy atom. The molecule has 30 heavy (non-hydrogen) atoms. The molecule has 0 aliphatic carbocycles. The molecule has 0 unspecified atom stereocenters. The SMILES string of the molecule is O=S(=O)(c1ccc(N2C=CN(Cc3ccnc(C4=NCCN4)c3)C2)cc1)C(F)(F)F. The standard InChI is InChI=1S/C19H18F3N5O2S/c20-19(21,22)30(28,29)16-3-1-15(2-4-16)27-10-9-26(13-27)12-14-5-6-23-17(11-14)18-24-7-8-25-18/h1-6,9-11H,7-8,12-13H2,(H,24,25). The summed E-state index contributed by atoms with van der Waals surface area (Å²) in [6, 6.07) is 8.54. The van der Waals surface area contributed by atoms with Crippen LogP contribution in [0.1, 0.15) is 11.3 Å². The van der Waals surface area contributed by atoms with Crippen molar-refractivity contribution in [3.05, 3.63) is 66.3 Å². The first-order valence-corrected chi connectivity index (χ1v) is 10.6. The van der Waals surface area contributed by atoms with Crippen LogP contribution in [0.4, 0.5) is 18.9 Å². The molecule has 0 fully saturated rings. The van der Waals surface area contributed by atoms with Crippen LogP contribution in [0.5, 0.6) is 0 Å². The van der Waals surface area contributed by atoms with Gasteiger partial charge in [-0.15, -0.1) is 0 Å². The summed E-state index contributed by atoms with van der Waals surface area (Å²) in [4.78, 5) is 11.8. The Morgan fingerprint density at radius 1 is 1.10 bits per heavy atom. The molecular formula is C19H18F3N5O2S. The van der Waals surface area contributed by atoms with Crippen molar-refractivity contribution < 1.29 is 21.6 Å². The van der Waals surface area contributed by atoms with Crippen LogP contribution in [0.15, 0.2) is 64.9 Å². The van der Waals surface area contributed by atoms with Crippen molar-refractivity contribution >= 4 is 21.4 Å². The summed E-state index contributed by atoms with van der Waals surface area (Å²) in [6.45, 7) is 2.61. The molecule has 0 amide bonds. The quantitative estimate of drug-likeness (QED) is 0.775. The van der Waals surface area contributed by atoms with Crippen LogP contribution in [0.3, 0.4) is 0 Å². The molecule has 1 N–H and O–H groups in total. The van der Waals surface area contributed by atoms with E-state index in [4.69, 9.17) is 0 Å². The fourth-order valence-electron chi connectivity index (χ4n) is 3.19. The van der Waals surface area contributed by atoms with E-state index < -0.39 is 20.2 Å². The second-order valence-corrected chi connectivity index (χ2v) is 8.75. The minimum atomic E-state index is -5.35. The third-order valence-electron chi connectivity index (χ3n) is 4.70. The van der Waals surface area contributed by atoms with E-state index in [9.17, 15) is 21.6 Å². The van der Waals surface area contributed by atoms with Gasteiger partial charge in [0.1, 0.15) is 11.5 Å². The molecule has 7 nitrogen and oxygen atoms in total. The molecule has 1 aromatic carbocycles. The van der Waals surface area contributed by atoms with E-state index in [0.717, 1.165) is 42.3 Å². The van der Waals surface area contributed by atoms with Crippen molar-refractivity contribution in [2.24, 2.45) is 4.99 Å². The van der Waals surface area contributed by atoms with Gasteiger partial charge in [-0.25, -0.2) is 8.42 Å². The first-order chi connectivity index (χ1) is 14.2. The second kappa shape index (κ2) is 7.63. The van der Waals surface area contributed by atoms with Crippen LogP contribution in [-0.4, -0.2) is 49.4 Å². The lowest BCUT2D eigenvalue weighted by Gasteiger charge is -2.22. The first-order valence-electron chi connectivity index (χ1n) is 9.08. The minimum absolute atomic E-state index is 0.474. The van der Waals surface area contributed by atoms with Gasteiger partial charge in [0.15, 0.2) is 0 Å². The average Bonchev–Trinajstić information content (AvgIpc) is 3.40. The molecule has 1 aromatic heterocycles. The van der Waals surface area contributed by atoms with Crippen molar-refractivity contribution in [3.63, 3.8) is 0 Å². The van der Waals surface area contributed by atoms with E-state index in [0.29, 0.717) is 18.9 Å². The molecule has 3 heterocycles. The fourth-order valence-corrected chi connectivity index (χ4v) is 3.95. The number of rotatable bonds is 5. The van der Waals surface area contributed by atoms with Crippen molar-refractivity contribution in [3.8, 4) is 0 Å². The summed E-state index contributed by atoms with van der Waals surface area (Å²) in [5.41, 5.74) is -2.90. The number of aromatic nitrogens is 1. The van der Waals surface area contributed by atoms with Crippen LogP contribution < -0.4 is 10.2 Å². The molecule has 0 saturated heterocycles. The van der Waals surface area contributed by atoms with Gasteiger partial charge in [-0.05, 0) is 42.0 Å². The van der Waals surface area contributed by atoms with Gasteiger partial charge in [-0.1, -0.05) is 0 Å². The number of nitrogens with zero attached hydrogens (tertiary/aromatic N) is 4. The second-order valence-electron chi connectivity index (χ2n) is 6.81. The van der Waals surface area contributed by atoms with Crippen LogP contribution in [0, 0.1) is 0 Å². The van der Waals surface area contributed by atoms with Gasteiger partial charge in [0.2, 0.25) is 0 Å². The average molecular weight is 437 g/mol. The maximum Gasteiger partial charge on any atom is 0.501 e. The third-order valence-corrected chi connectivity index (χ3v) is 6.20. The largest absolute Gasteiger partial charge is 0.501 e. The van der Waals surface area contributed by atoms with E-state index in [-0.39, 0.29) is 0 Å². The number of hydrogen-bond donors (Lipinski definition) is 1. The molecule has 11 heteroatoms. The Morgan fingerprint density at radius 2 is 1.87 bits per heavy atom. The number of alkyl halides is 3. The maximum atomic E-state index is 12.7. The predicted molar refractivity (Wildman–Crippen MR) is 105 cm³/mol. The number of nitrogens with one attached hydrogen (secondary N) is 1. The number of aliphatic imine (C=N–C) groups is 1. The van der Waals surface area contributed by atoms with Gasteiger partial charge in [0, 0.05) is 37.4 Å². The smallest absolute Gasteiger partial charge is 0.367 e. The summed E-state index contributed by atoms with van der Waals surface area (Å²) in [5.74, 6) is 0.782. The van der Waals surface area contributed by atoms with E-state index in [1.54, 1.807) is 12.4 Å². The van der Waals surface area contributed by atoms with Crippen molar-refractivity contribution in [2.45, 2.75) is 16.9 Å². The van der Waals surface area contributed by atoms with Crippen molar-refractivity contribution in [1.29, 1.82) is 0 Å². The number of hydrogen-bond acceptors (Lipinski definition) is 7. The highest BCUT2D eigenvalue weighted by Crippen LogP contribution is 2.31. The number of pyridine rings is 1. The molecule has 0 atom stereocenters. The number of sulfone groups is 1. The Kier molecular flexibility index (Phi) is 5.14. The van der Waals surface area contributed by atoms with E-state index >= 15 is 0 Å². The zero-order chi connectivity index (χ0) is 21.4. The van der Waals surface area contributed by atoms with Gasteiger partial charge in [-0.3, -0.25) is 9.98 Å². The van der Waals surface area contributed by atoms with E-state index in [1.165, 1.54) is 12.1 Å². The molecule has 4 rings (SSSR count). The lowest BCUT2D eigenvalue weighted by atomic mass is 10.2. The van der Waals surface area contributed by atoms with E-state index in [1.807, 2.05) is 28.1 Å². The van der Waals surface area contributed by atoms with Gasteiger partial charge in [-0.2, -0.15) is 13.2 Å². The fraction of sp³-hybridized carbons (Fsp3) is 0.263. The molecule has 0 radical (unpaired) electrons. The summed E-state index contributed by atoms with van der Waals surface area (Å²) < 4.78 is 61.0. The van der Waals surface area contributed by atoms with Crippen LogP contribution in [0.2, 0.25) is 0 Å². The Bertz CT molecular complexity index is 1100. The molecule has 0 bridgehead atoms. The van der Waals surface area contributed by atoms with Crippen LogP contribution >= 0.6 is 0 Å². The third kappa shape index (κ3) is 3.97.